The first-order valence-corrected chi connectivity index (χ1v) is 10.8. The van der Waals surface area contributed by atoms with Gasteiger partial charge in [0, 0.05) is 11.3 Å². The van der Waals surface area contributed by atoms with Crippen LogP contribution in [-0.4, -0.2) is 21.9 Å². The second-order valence-corrected chi connectivity index (χ2v) is 10.2. The van der Waals surface area contributed by atoms with Crippen LogP contribution in [0.4, 0.5) is 0 Å². The van der Waals surface area contributed by atoms with E-state index < -0.39 is 0 Å². The zero-order valence-corrected chi connectivity index (χ0v) is 17.1. The van der Waals surface area contributed by atoms with E-state index in [1.807, 2.05) is 23.5 Å². The molecule has 1 heterocycles. The molecule has 1 fully saturated rings. The fraction of sp³-hybridized carbons (Fsp3) is 0.842. The molecule has 0 spiro atoms. The number of allylic oxidation sites excluding steroid dienone is 2. The topological polar surface area (TPSA) is 17.1 Å². The van der Waals surface area contributed by atoms with Gasteiger partial charge in [-0.3, -0.25) is 4.79 Å². The number of Topliss-reactive ketones (excluding diaryl/α,β-unsaturated/α-hetero) is 1. The van der Waals surface area contributed by atoms with Gasteiger partial charge in [0.25, 0.3) is 0 Å². The van der Waals surface area contributed by atoms with Crippen molar-refractivity contribution < 1.29 is 4.79 Å². The minimum atomic E-state index is -0.255. The van der Waals surface area contributed by atoms with Crippen molar-refractivity contribution in [3.05, 3.63) is 12.2 Å². The molecule has 0 bridgehead atoms. The van der Waals surface area contributed by atoms with Crippen LogP contribution in [0.15, 0.2) is 12.2 Å². The Balaban J connectivity index is 3.17. The van der Waals surface area contributed by atoms with Crippen LogP contribution < -0.4 is 0 Å². The van der Waals surface area contributed by atoms with Crippen LogP contribution in [0.2, 0.25) is 0 Å². The first-order chi connectivity index (χ1) is 10.2. The Hall–Kier alpha value is 0.110. The molecule has 3 heteroatoms. The molecular weight excluding hydrogens is 308 g/mol. The normalized spacial score (nSPS) is 32.8. The van der Waals surface area contributed by atoms with E-state index >= 15 is 0 Å². The number of carbonyl (C=O) groups excluding carboxylic acids is 1. The zero-order valence-electron chi connectivity index (χ0n) is 15.4. The summed E-state index contributed by atoms with van der Waals surface area (Å²) >= 11 is 3.86. The number of unbranched alkanes of at least 4 members (excludes halogenated alkanes) is 1. The molecule has 4 atom stereocenters. The lowest BCUT2D eigenvalue weighted by Gasteiger charge is -2.35. The smallest absolute Gasteiger partial charge is 0.151 e. The summed E-state index contributed by atoms with van der Waals surface area (Å²) in [5, 5.41) is 0.113. The maximum absolute atomic E-state index is 13.0. The summed E-state index contributed by atoms with van der Waals surface area (Å²) in [5.74, 6) is 0.788. The third kappa shape index (κ3) is 4.35. The minimum Gasteiger partial charge on any atom is -0.298 e. The highest BCUT2D eigenvalue weighted by Gasteiger charge is 2.54. The molecule has 1 saturated heterocycles. The summed E-state index contributed by atoms with van der Waals surface area (Å²) in [6.45, 7) is 13.0. The molecule has 1 rings (SSSR count). The average molecular weight is 343 g/mol. The highest BCUT2D eigenvalue weighted by Crippen LogP contribution is 2.59. The fourth-order valence-corrected chi connectivity index (χ4v) is 6.82. The monoisotopic (exact) mass is 342 g/mol. The average Bonchev–Trinajstić information content (AvgIpc) is 2.73. The van der Waals surface area contributed by atoms with Crippen molar-refractivity contribution in [2.75, 3.05) is 6.26 Å². The number of rotatable bonds is 7. The largest absolute Gasteiger partial charge is 0.298 e. The summed E-state index contributed by atoms with van der Waals surface area (Å²) in [6, 6.07) is 0. The van der Waals surface area contributed by atoms with Crippen LogP contribution in [0.3, 0.4) is 0 Å². The summed E-state index contributed by atoms with van der Waals surface area (Å²) in [4.78, 5) is 13.0. The van der Waals surface area contributed by atoms with Crippen molar-refractivity contribution >= 4 is 29.3 Å². The van der Waals surface area contributed by atoms with Crippen molar-refractivity contribution in [1.82, 2.24) is 0 Å². The first kappa shape index (κ1) is 20.2. The van der Waals surface area contributed by atoms with Gasteiger partial charge in [0.2, 0.25) is 0 Å². The zero-order chi connectivity index (χ0) is 17.0. The second kappa shape index (κ2) is 8.28. The molecule has 0 aromatic rings. The molecule has 0 N–H and O–H groups in total. The number of hydrogen-bond donors (Lipinski definition) is 0. The van der Waals surface area contributed by atoms with Gasteiger partial charge < -0.3 is 0 Å². The predicted octanol–water partition coefficient (Wildman–Crippen LogP) is 6.19. The van der Waals surface area contributed by atoms with Gasteiger partial charge in [-0.05, 0) is 24.5 Å². The van der Waals surface area contributed by atoms with E-state index in [9.17, 15) is 4.79 Å². The highest BCUT2D eigenvalue weighted by molar-refractivity contribution is 8.17. The second-order valence-electron chi connectivity index (χ2n) is 7.71. The molecule has 0 aromatic carbocycles. The van der Waals surface area contributed by atoms with Gasteiger partial charge in [0.15, 0.2) is 5.78 Å². The Morgan fingerprint density at radius 3 is 2.41 bits per heavy atom. The minimum absolute atomic E-state index is 0.113. The fourth-order valence-electron chi connectivity index (χ4n) is 3.30. The molecule has 4 unspecified atom stereocenters. The highest BCUT2D eigenvalue weighted by atomic mass is 32.2. The van der Waals surface area contributed by atoms with E-state index in [0.717, 1.165) is 6.42 Å². The Labute approximate surface area is 146 Å². The van der Waals surface area contributed by atoms with Crippen molar-refractivity contribution in [3.63, 3.8) is 0 Å². The molecule has 1 aliphatic rings. The molecule has 22 heavy (non-hydrogen) atoms. The maximum Gasteiger partial charge on any atom is 0.151 e. The summed E-state index contributed by atoms with van der Waals surface area (Å²) in [5.41, 5.74) is -0.0354. The van der Waals surface area contributed by atoms with Crippen LogP contribution in [0, 0.1) is 16.7 Å². The molecule has 0 saturated carbocycles. The molecule has 128 valence electrons. The molecule has 1 nitrogen and oxygen atoms in total. The van der Waals surface area contributed by atoms with Gasteiger partial charge >= 0.3 is 0 Å². The van der Waals surface area contributed by atoms with E-state index in [1.54, 1.807) is 0 Å². The van der Waals surface area contributed by atoms with Crippen LogP contribution >= 0.6 is 23.5 Å². The Morgan fingerprint density at radius 1 is 1.32 bits per heavy atom. The van der Waals surface area contributed by atoms with Crippen LogP contribution in [-0.2, 0) is 4.79 Å². The molecule has 0 radical (unpaired) electrons. The predicted molar refractivity (Wildman–Crippen MR) is 104 cm³/mol. The lowest BCUT2D eigenvalue weighted by molar-refractivity contribution is -0.126. The van der Waals surface area contributed by atoms with Gasteiger partial charge in [-0.1, -0.05) is 66.5 Å². The Bertz CT molecular complexity index is 397. The lowest BCUT2D eigenvalue weighted by atomic mass is 9.70. The van der Waals surface area contributed by atoms with Crippen LogP contribution in [0.1, 0.15) is 67.2 Å². The summed E-state index contributed by atoms with van der Waals surface area (Å²) in [6.07, 6.45) is 11.6. The first-order valence-electron chi connectivity index (χ1n) is 8.61. The SMILES string of the molecule is CCC=CC1C(C(=O)C(C)(C)C)SC(SC)C1(C)CCCC. The van der Waals surface area contributed by atoms with E-state index in [4.69, 9.17) is 0 Å². The number of carbonyl (C=O) groups is 1. The number of ketones is 1. The van der Waals surface area contributed by atoms with Gasteiger partial charge in [0.05, 0.1) is 9.83 Å². The van der Waals surface area contributed by atoms with Crippen molar-refractivity contribution in [2.45, 2.75) is 77.1 Å². The van der Waals surface area contributed by atoms with Crippen molar-refractivity contribution in [3.8, 4) is 0 Å². The van der Waals surface area contributed by atoms with Crippen molar-refractivity contribution in [2.24, 2.45) is 16.7 Å². The van der Waals surface area contributed by atoms with E-state index in [-0.39, 0.29) is 16.1 Å². The molecule has 0 amide bonds. The lowest BCUT2D eigenvalue weighted by Crippen LogP contribution is -2.38. The van der Waals surface area contributed by atoms with Crippen molar-refractivity contribution in [1.29, 1.82) is 0 Å². The van der Waals surface area contributed by atoms with E-state index in [1.165, 1.54) is 19.3 Å². The molecular formula is C19H34OS2. The molecule has 0 aromatic heterocycles. The Morgan fingerprint density at radius 2 is 1.95 bits per heavy atom. The number of thioether (sulfide) groups is 2. The van der Waals surface area contributed by atoms with E-state index in [2.05, 4.69) is 60.0 Å². The quantitative estimate of drug-likeness (QED) is 0.514. The standard InChI is InChI=1S/C19H34OS2/c1-8-10-12-14-15(16(20)18(3,4)5)22-17(21-7)19(14,6)13-11-9-2/h10,12,14-15,17H,8-9,11,13H2,1-7H3. The third-order valence-electron chi connectivity index (χ3n) is 4.76. The maximum atomic E-state index is 13.0. The molecule has 0 aliphatic carbocycles. The summed E-state index contributed by atoms with van der Waals surface area (Å²) < 4.78 is 0.516. The van der Waals surface area contributed by atoms with Gasteiger partial charge in [0.1, 0.15) is 0 Å². The van der Waals surface area contributed by atoms with Crippen LogP contribution in [0.25, 0.3) is 0 Å². The molecule has 1 aliphatic heterocycles. The Kier molecular flexibility index (Phi) is 7.59. The third-order valence-corrected chi connectivity index (χ3v) is 8.22. The van der Waals surface area contributed by atoms with Gasteiger partial charge in [-0.25, -0.2) is 0 Å². The summed E-state index contributed by atoms with van der Waals surface area (Å²) in [7, 11) is 0. The van der Waals surface area contributed by atoms with Crippen LogP contribution in [0.5, 0.6) is 0 Å². The number of hydrogen-bond acceptors (Lipinski definition) is 3. The van der Waals surface area contributed by atoms with Gasteiger partial charge in [-0.2, -0.15) is 11.8 Å². The van der Waals surface area contributed by atoms with Gasteiger partial charge in [-0.15, -0.1) is 11.8 Å². The van der Waals surface area contributed by atoms with E-state index in [0.29, 0.717) is 16.3 Å².